The van der Waals surface area contributed by atoms with Gasteiger partial charge in [0.15, 0.2) is 0 Å². The summed E-state index contributed by atoms with van der Waals surface area (Å²) in [6, 6.07) is -1.67. The van der Waals surface area contributed by atoms with E-state index in [2.05, 4.69) is 22.9 Å². The molecule has 4 amide bonds. The normalized spacial score (nSPS) is 7.88. The maximum Gasteiger partial charge on any atom is 0.309 e. The van der Waals surface area contributed by atoms with Crippen LogP contribution >= 0.6 is 0 Å². The van der Waals surface area contributed by atoms with Crippen molar-refractivity contribution in [1.29, 1.82) is 0 Å². The van der Waals surface area contributed by atoms with Gasteiger partial charge in [-0.25, -0.2) is 9.59 Å². The van der Waals surface area contributed by atoms with Crippen molar-refractivity contribution >= 4 is 12.1 Å². The fraction of sp³-hybridized carbons (Fsp3) is 0.750. The first-order valence-corrected chi connectivity index (χ1v) is 4.70. The molecule has 0 aromatic heterocycles. The van der Waals surface area contributed by atoms with Crippen LogP contribution in [0.4, 0.5) is 9.59 Å². The molecule has 0 aromatic rings. The number of carbonyl (C=O) groups excluding carboxylic acids is 2. The van der Waals surface area contributed by atoms with Gasteiger partial charge in [-0.3, -0.25) is 0 Å². The standard InChI is InChI=1S/C6H14O2.2CH4N2O/c7-5-3-1-2-4-6-8;2*2-1(3)4/h7-8H,1-6H2;2*(H4,2,3,4). The first-order valence-electron chi connectivity index (χ1n) is 4.70. The number of urea groups is 2. The van der Waals surface area contributed by atoms with E-state index in [1.54, 1.807) is 0 Å². The lowest BCUT2D eigenvalue weighted by Gasteiger charge is -1.93. The van der Waals surface area contributed by atoms with E-state index >= 15 is 0 Å². The SMILES string of the molecule is NC(N)=O.NC(N)=O.OCCCCCCO. The first-order chi connectivity index (χ1) is 7.38. The molecule has 0 unspecified atom stereocenters. The summed E-state index contributed by atoms with van der Waals surface area (Å²) >= 11 is 0. The summed E-state index contributed by atoms with van der Waals surface area (Å²) in [6.45, 7) is 0.566. The zero-order chi connectivity index (χ0) is 13.4. The number of aliphatic hydroxyl groups excluding tert-OH is 2. The topological polar surface area (TPSA) is 179 Å². The minimum absolute atomic E-state index is 0.283. The average molecular weight is 238 g/mol. The Balaban J connectivity index is -0.000000179. The second kappa shape index (κ2) is 19.1. The molecule has 0 atom stereocenters. The van der Waals surface area contributed by atoms with Crippen molar-refractivity contribution in [3.05, 3.63) is 0 Å². The Morgan fingerprint density at radius 1 is 0.688 bits per heavy atom. The number of aliphatic hydroxyl groups is 2. The van der Waals surface area contributed by atoms with E-state index in [4.69, 9.17) is 19.8 Å². The Bertz CT molecular complexity index is 140. The second-order valence-corrected chi connectivity index (χ2v) is 2.67. The van der Waals surface area contributed by atoms with Gasteiger partial charge in [0.2, 0.25) is 0 Å². The maximum absolute atomic E-state index is 9.00. The van der Waals surface area contributed by atoms with Crippen LogP contribution in [0.1, 0.15) is 25.7 Å². The minimum Gasteiger partial charge on any atom is -0.396 e. The Hall–Kier alpha value is -1.54. The third kappa shape index (κ3) is 137. The molecule has 0 saturated carbocycles. The summed E-state index contributed by atoms with van der Waals surface area (Å²) in [6.07, 6.45) is 3.83. The van der Waals surface area contributed by atoms with Gasteiger partial charge < -0.3 is 33.1 Å². The van der Waals surface area contributed by atoms with Gasteiger partial charge in [-0.05, 0) is 12.8 Å². The number of rotatable bonds is 5. The van der Waals surface area contributed by atoms with Crippen LogP contribution in [-0.2, 0) is 0 Å². The van der Waals surface area contributed by atoms with E-state index in [0.29, 0.717) is 0 Å². The Kier molecular flexibility index (Phi) is 23.8. The van der Waals surface area contributed by atoms with E-state index in [9.17, 15) is 0 Å². The van der Waals surface area contributed by atoms with E-state index in [-0.39, 0.29) is 13.2 Å². The maximum atomic E-state index is 9.00. The lowest BCUT2D eigenvalue weighted by atomic mass is 10.2. The molecule has 0 radical (unpaired) electrons. The van der Waals surface area contributed by atoms with Crippen LogP contribution in [-0.4, -0.2) is 35.5 Å². The van der Waals surface area contributed by atoms with E-state index in [1.807, 2.05) is 0 Å². The van der Waals surface area contributed by atoms with Gasteiger partial charge in [0.25, 0.3) is 0 Å². The van der Waals surface area contributed by atoms with Crippen LogP contribution in [0.15, 0.2) is 0 Å². The van der Waals surface area contributed by atoms with Crippen molar-refractivity contribution < 1.29 is 19.8 Å². The van der Waals surface area contributed by atoms with E-state index in [0.717, 1.165) is 25.7 Å². The van der Waals surface area contributed by atoms with Crippen LogP contribution in [0.25, 0.3) is 0 Å². The van der Waals surface area contributed by atoms with Crippen molar-refractivity contribution in [3.63, 3.8) is 0 Å². The zero-order valence-electron chi connectivity index (χ0n) is 9.26. The second-order valence-electron chi connectivity index (χ2n) is 2.67. The zero-order valence-corrected chi connectivity index (χ0v) is 9.26. The molecule has 0 aliphatic carbocycles. The fourth-order valence-corrected chi connectivity index (χ4v) is 0.577. The Labute approximate surface area is 94.6 Å². The van der Waals surface area contributed by atoms with Gasteiger partial charge in [0.05, 0.1) is 0 Å². The largest absolute Gasteiger partial charge is 0.396 e. The van der Waals surface area contributed by atoms with Crippen LogP contribution in [0.5, 0.6) is 0 Å². The van der Waals surface area contributed by atoms with Crippen molar-refractivity contribution in [2.75, 3.05) is 13.2 Å². The fourth-order valence-electron chi connectivity index (χ4n) is 0.577. The van der Waals surface area contributed by atoms with Crippen LogP contribution < -0.4 is 22.9 Å². The molecule has 0 heterocycles. The lowest BCUT2D eigenvalue weighted by molar-refractivity contribution is 0.255. The van der Waals surface area contributed by atoms with Crippen molar-refractivity contribution in [2.24, 2.45) is 22.9 Å². The highest BCUT2D eigenvalue weighted by molar-refractivity contribution is 5.69. The molecule has 0 rings (SSSR count). The third-order valence-electron chi connectivity index (χ3n) is 1.07. The van der Waals surface area contributed by atoms with Gasteiger partial charge in [-0.1, -0.05) is 12.8 Å². The lowest BCUT2D eigenvalue weighted by Crippen LogP contribution is -2.18. The summed E-state index contributed by atoms with van der Waals surface area (Å²) in [7, 11) is 0. The molecule has 0 fully saturated rings. The number of unbranched alkanes of at least 4 members (excludes halogenated alkanes) is 3. The number of nitrogens with two attached hydrogens (primary N) is 4. The quantitative estimate of drug-likeness (QED) is 0.322. The number of primary amides is 4. The molecule has 16 heavy (non-hydrogen) atoms. The summed E-state index contributed by atoms with van der Waals surface area (Å²) < 4.78 is 0. The number of carbonyl (C=O) groups is 2. The van der Waals surface area contributed by atoms with Gasteiger partial charge in [0, 0.05) is 13.2 Å². The highest BCUT2D eigenvalue weighted by Crippen LogP contribution is 1.96. The van der Waals surface area contributed by atoms with Gasteiger partial charge in [-0.2, -0.15) is 0 Å². The number of hydrogen-bond donors (Lipinski definition) is 6. The molecule has 0 spiro atoms. The predicted octanol–water partition coefficient (Wildman–Crippen LogP) is -1.42. The molecule has 0 aliphatic rings. The van der Waals surface area contributed by atoms with E-state index < -0.39 is 12.1 Å². The number of amides is 4. The van der Waals surface area contributed by atoms with E-state index in [1.165, 1.54) is 0 Å². The minimum atomic E-state index is -0.833. The molecule has 0 aliphatic heterocycles. The van der Waals surface area contributed by atoms with Crippen molar-refractivity contribution in [3.8, 4) is 0 Å². The third-order valence-corrected chi connectivity index (χ3v) is 1.07. The average Bonchev–Trinajstić information content (AvgIpc) is 2.11. The highest BCUT2D eigenvalue weighted by Gasteiger charge is 1.84. The van der Waals surface area contributed by atoms with Gasteiger partial charge in [0.1, 0.15) is 0 Å². The monoisotopic (exact) mass is 238 g/mol. The summed E-state index contributed by atoms with van der Waals surface area (Å²) in [5.74, 6) is 0. The number of hydrogen-bond acceptors (Lipinski definition) is 4. The smallest absolute Gasteiger partial charge is 0.309 e. The molecule has 0 saturated heterocycles. The summed E-state index contributed by atoms with van der Waals surface area (Å²) in [4.78, 5) is 18.0. The Morgan fingerprint density at radius 3 is 1.00 bits per heavy atom. The summed E-state index contributed by atoms with van der Waals surface area (Å²) in [5, 5.41) is 16.6. The first kappa shape index (κ1) is 19.9. The van der Waals surface area contributed by atoms with Crippen LogP contribution in [0.2, 0.25) is 0 Å². The molecule has 0 bridgehead atoms. The van der Waals surface area contributed by atoms with Crippen molar-refractivity contribution in [2.45, 2.75) is 25.7 Å². The molecule has 8 nitrogen and oxygen atoms in total. The molecule has 10 N–H and O–H groups in total. The van der Waals surface area contributed by atoms with Gasteiger partial charge >= 0.3 is 12.1 Å². The predicted molar refractivity (Wildman–Crippen MR) is 60.2 cm³/mol. The van der Waals surface area contributed by atoms with Crippen molar-refractivity contribution in [1.82, 2.24) is 0 Å². The molecular weight excluding hydrogens is 216 g/mol. The Morgan fingerprint density at radius 2 is 0.875 bits per heavy atom. The van der Waals surface area contributed by atoms with Gasteiger partial charge in [-0.15, -0.1) is 0 Å². The molecule has 8 heteroatoms. The summed E-state index contributed by atoms with van der Waals surface area (Å²) in [5.41, 5.74) is 17.0. The molecular formula is C8H22N4O4. The molecule has 98 valence electrons. The molecule has 0 aromatic carbocycles. The van der Waals surface area contributed by atoms with Crippen LogP contribution in [0.3, 0.4) is 0 Å². The highest BCUT2D eigenvalue weighted by atomic mass is 16.3. The van der Waals surface area contributed by atoms with Crippen LogP contribution in [0, 0.1) is 0 Å².